The van der Waals surface area contributed by atoms with E-state index in [9.17, 15) is 9.18 Å². The molecule has 29 heavy (non-hydrogen) atoms. The number of epoxide rings is 1. The van der Waals surface area contributed by atoms with Crippen LogP contribution in [0.3, 0.4) is 0 Å². The van der Waals surface area contributed by atoms with Crippen LogP contribution < -0.4 is 22.4 Å². The zero-order chi connectivity index (χ0) is 19.7. The molecule has 9 heteroatoms. The van der Waals surface area contributed by atoms with E-state index in [0.29, 0.717) is 18.2 Å². The summed E-state index contributed by atoms with van der Waals surface area (Å²) in [4.78, 5) is 11.0. The van der Waals surface area contributed by atoms with Gasteiger partial charge in [0.2, 0.25) is 6.73 Å². The lowest BCUT2D eigenvalue weighted by Gasteiger charge is -2.16. The average Bonchev–Trinajstić information content (AvgIpc) is 3.20. The first kappa shape index (κ1) is 21.7. The van der Waals surface area contributed by atoms with Gasteiger partial charge in [0.05, 0.1) is 0 Å². The minimum absolute atomic E-state index is 0. The second kappa shape index (κ2) is 8.79. The zero-order valence-electron chi connectivity index (χ0n) is 15.6. The standard InChI is InChI=1S/C20H20ClFN3O3.BrH/c1-14(26)27-13-24-11-23-25(12-24)10-20(15-6-8-16(22)9-7-15)19(28-20)17-4-2-3-5-18(17)21;/h2-9,12,19,23H,10-11,13H2,1H3;1H/q+1;/p-1. The fraction of sp³-hybridized carbons (Fsp3) is 0.300. The van der Waals surface area contributed by atoms with Gasteiger partial charge in [-0.2, -0.15) is 5.01 Å². The largest absolute Gasteiger partial charge is 1.00 e. The van der Waals surface area contributed by atoms with Crippen molar-refractivity contribution < 1.29 is 40.2 Å². The maximum Gasteiger partial charge on any atom is 0.305 e. The highest BCUT2D eigenvalue weighted by Gasteiger charge is 2.62. The molecule has 0 saturated carbocycles. The van der Waals surface area contributed by atoms with Gasteiger partial charge in [0.25, 0.3) is 6.34 Å². The minimum atomic E-state index is -0.667. The molecule has 0 aromatic heterocycles. The number of carbonyl (C=O) groups excluding carboxylic acids is 1. The number of halogens is 3. The Morgan fingerprint density at radius 2 is 2.07 bits per heavy atom. The Morgan fingerprint density at radius 1 is 1.34 bits per heavy atom. The van der Waals surface area contributed by atoms with Crippen molar-refractivity contribution in [2.24, 2.45) is 0 Å². The lowest BCUT2D eigenvalue weighted by atomic mass is 9.91. The second-order valence-corrected chi connectivity index (χ2v) is 7.24. The van der Waals surface area contributed by atoms with Crippen molar-refractivity contribution in [2.75, 3.05) is 19.9 Å². The molecule has 2 unspecified atom stereocenters. The van der Waals surface area contributed by atoms with Crippen LogP contribution in [0.2, 0.25) is 5.02 Å². The monoisotopic (exact) mass is 483 g/mol. The molecule has 2 aliphatic rings. The Bertz CT molecular complexity index is 927. The molecule has 6 nitrogen and oxygen atoms in total. The van der Waals surface area contributed by atoms with Crippen LogP contribution in [0.4, 0.5) is 4.39 Å². The molecule has 1 saturated heterocycles. The average molecular weight is 485 g/mol. The molecule has 2 aromatic carbocycles. The van der Waals surface area contributed by atoms with Gasteiger partial charge in [0, 0.05) is 17.5 Å². The number of hydrazine groups is 1. The van der Waals surface area contributed by atoms with Gasteiger partial charge in [-0.1, -0.05) is 41.9 Å². The molecule has 0 radical (unpaired) electrons. The molecular weight excluding hydrogens is 465 g/mol. The molecular formula is C20H20BrClFN3O3. The van der Waals surface area contributed by atoms with E-state index < -0.39 is 5.60 Å². The highest BCUT2D eigenvalue weighted by molar-refractivity contribution is 6.31. The van der Waals surface area contributed by atoms with Crippen LogP contribution in [0, 0.1) is 5.82 Å². The molecule has 2 aromatic rings. The Labute approximate surface area is 183 Å². The van der Waals surface area contributed by atoms with E-state index in [0.717, 1.165) is 11.1 Å². The summed E-state index contributed by atoms with van der Waals surface area (Å²) in [7, 11) is 0. The maximum atomic E-state index is 13.4. The van der Waals surface area contributed by atoms with E-state index in [1.807, 2.05) is 40.2 Å². The molecule has 2 aliphatic heterocycles. The third kappa shape index (κ3) is 4.61. The lowest BCUT2D eigenvalue weighted by molar-refractivity contribution is -0.554. The number of nitrogens with zero attached hydrogens (tertiary/aromatic N) is 2. The van der Waals surface area contributed by atoms with E-state index >= 15 is 0 Å². The van der Waals surface area contributed by atoms with Crippen LogP contribution in [0.25, 0.3) is 0 Å². The summed E-state index contributed by atoms with van der Waals surface area (Å²) in [6.07, 6.45) is 1.59. The fourth-order valence-electron chi connectivity index (χ4n) is 3.40. The van der Waals surface area contributed by atoms with Crippen molar-refractivity contribution >= 4 is 23.9 Å². The van der Waals surface area contributed by atoms with Crippen LogP contribution in [0.15, 0.2) is 48.5 Å². The van der Waals surface area contributed by atoms with E-state index in [-0.39, 0.29) is 41.6 Å². The first-order valence-corrected chi connectivity index (χ1v) is 9.26. The van der Waals surface area contributed by atoms with Crippen molar-refractivity contribution in [3.8, 4) is 0 Å². The van der Waals surface area contributed by atoms with Crippen molar-refractivity contribution in [2.45, 2.75) is 18.6 Å². The van der Waals surface area contributed by atoms with E-state index in [2.05, 4.69) is 5.43 Å². The van der Waals surface area contributed by atoms with E-state index in [4.69, 9.17) is 21.1 Å². The normalized spacial score (nSPS) is 22.7. The summed E-state index contributed by atoms with van der Waals surface area (Å²) >= 11 is 6.38. The van der Waals surface area contributed by atoms with Crippen molar-refractivity contribution in [1.29, 1.82) is 0 Å². The summed E-state index contributed by atoms with van der Waals surface area (Å²) in [5, 5.41) is 2.51. The molecule has 4 rings (SSSR count). The summed E-state index contributed by atoms with van der Waals surface area (Å²) in [5.41, 5.74) is 4.31. The molecule has 0 bridgehead atoms. The van der Waals surface area contributed by atoms with Gasteiger partial charge in [-0.05, 0) is 23.8 Å². The first-order valence-electron chi connectivity index (χ1n) is 8.89. The van der Waals surface area contributed by atoms with Crippen molar-refractivity contribution in [3.05, 3.63) is 70.5 Å². The first-order chi connectivity index (χ1) is 13.5. The number of benzene rings is 2. The SMILES string of the molecule is CC(=O)OC[N+]1=CN(CC2(c3ccc(F)cc3)OC2c2ccccc2Cl)NC1.[Br-]. The predicted molar refractivity (Wildman–Crippen MR) is 101 cm³/mol. The maximum absolute atomic E-state index is 13.4. The third-order valence-electron chi connectivity index (χ3n) is 4.83. The van der Waals surface area contributed by atoms with E-state index in [1.54, 1.807) is 12.1 Å². The van der Waals surface area contributed by atoms with Crippen LogP contribution >= 0.6 is 11.6 Å². The van der Waals surface area contributed by atoms with Crippen LogP contribution in [0.1, 0.15) is 24.2 Å². The number of ether oxygens (including phenoxy) is 2. The Hall–Kier alpha value is -2.00. The van der Waals surface area contributed by atoms with Crippen LogP contribution in [0.5, 0.6) is 0 Å². The summed E-state index contributed by atoms with van der Waals surface area (Å²) < 4.78 is 26.5. The predicted octanol–water partition coefficient (Wildman–Crippen LogP) is -0.211. The molecule has 1 N–H and O–H groups in total. The van der Waals surface area contributed by atoms with Crippen molar-refractivity contribution in [3.63, 3.8) is 0 Å². The number of hydrogen-bond acceptors (Lipinski definition) is 5. The summed E-state index contributed by atoms with van der Waals surface area (Å²) in [5.74, 6) is -0.633. The summed E-state index contributed by atoms with van der Waals surface area (Å²) in [6, 6.07) is 13.9. The number of esters is 1. The van der Waals surface area contributed by atoms with Gasteiger partial charge in [0.1, 0.15) is 18.5 Å². The van der Waals surface area contributed by atoms with Gasteiger partial charge in [-0.25, -0.2) is 8.97 Å². The van der Waals surface area contributed by atoms with E-state index in [1.165, 1.54) is 19.1 Å². The number of nitrogens with one attached hydrogen (secondary N) is 1. The van der Waals surface area contributed by atoms with Gasteiger partial charge in [-0.3, -0.25) is 4.79 Å². The van der Waals surface area contributed by atoms with Gasteiger partial charge in [0.15, 0.2) is 12.3 Å². The molecule has 1 fully saturated rings. The third-order valence-corrected chi connectivity index (χ3v) is 5.18. The highest BCUT2D eigenvalue weighted by Crippen LogP contribution is 2.58. The minimum Gasteiger partial charge on any atom is -1.00 e. The summed E-state index contributed by atoms with van der Waals surface area (Å²) in [6.45, 7) is 2.52. The quantitative estimate of drug-likeness (QED) is 0.349. The Kier molecular flexibility index (Phi) is 6.58. The second-order valence-electron chi connectivity index (χ2n) is 6.83. The molecule has 0 aliphatic carbocycles. The smallest absolute Gasteiger partial charge is 0.305 e. The molecule has 0 spiro atoms. The number of hydrogen-bond donors (Lipinski definition) is 1. The van der Waals surface area contributed by atoms with Crippen LogP contribution in [-0.2, 0) is 19.9 Å². The molecule has 0 amide bonds. The Balaban J connectivity index is 0.00000240. The van der Waals surface area contributed by atoms with Crippen molar-refractivity contribution in [1.82, 2.24) is 10.4 Å². The van der Waals surface area contributed by atoms with Crippen LogP contribution in [-0.4, -0.2) is 41.8 Å². The highest BCUT2D eigenvalue weighted by atomic mass is 79.9. The number of carbonyl (C=O) groups is 1. The zero-order valence-corrected chi connectivity index (χ0v) is 18.0. The number of rotatable bonds is 6. The fourth-order valence-corrected chi connectivity index (χ4v) is 3.64. The Morgan fingerprint density at radius 3 is 2.76 bits per heavy atom. The molecule has 154 valence electrons. The van der Waals surface area contributed by atoms with Gasteiger partial charge >= 0.3 is 5.97 Å². The van der Waals surface area contributed by atoms with Gasteiger partial charge < -0.3 is 26.5 Å². The topological polar surface area (TPSA) is 57.1 Å². The molecule has 2 heterocycles. The van der Waals surface area contributed by atoms with Gasteiger partial charge in [-0.15, -0.1) is 5.43 Å². The lowest BCUT2D eigenvalue weighted by Crippen LogP contribution is -3.00. The molecule has 2 atom stereocenters.